The topological polar surface area (TPSA) is 51.8 Å². The highest BCUT2D eigenvalue weighted by atomic mass is 32.1. The van der Waals surface area contributed by atoms with Crippen LogP contribution >= 0.6 is 11.3 Å². The fourth-order valence-corrected chi connectivity index (χ4v) is 9.03. The molecule has 0 amide bonds. The van der Waals surface area contributed by atoms with Crippen molar-refractivity contribution in [3.05, 3.63) is 188 Å². The van der Waals surface area contributed by atoms with E-state index in [4.69, 9.17) is 19.4 Å². The van der Waals surface area contributed by atoms with Crippen LogP contribution < -0.4 is 0 Å². The van der Waals surface area contributed by atoms with Crippen LogP contribution in [0.15, 0.2) is 192 Å². The maximum absolute atomic E-state index is 6.37. The van der Waals surface area contributed by atoms with Gasteiger partial charge in [-0.25, -0.2) is 15.0 Å². The minimum Gasteiger partial charge on any atom is -0.456 e. The van der Waals surface area contributed by atoms with Crippen LogP contribution in [0.5, 0.6) is 0 Å². The van der Waals surface area contributed by atoms with Gasteiger partial charge in [0, 0.05) is 47.6 Å². The Morgan fingerprint density at radius 1 is 0.321 bits per heavy atom. The molecule has 0 saturated carbocycles. The minimum absolute atomic E-state index is 0.620. The van der Waals surface area contributed by atoms with E-state index in [0.717, 1.165) is 72.0 Å². The smallest absolute Gasteiger partial charge is 0.164 e. The van der Waals surface area contributed by atoms with Crippen LogP contribution in [0, 0.1) is 0 Å². The molecule has 4 nitrogen and oxygen atoms in total. The molecule has 262 valence electrons. The summed E-state index contributed by atoms with van der Waals surface area (Å²) in [6.07, 6.45) is 0. The van der Waals surface area contributed by atoms with Crippen molar-refractivity contribution in [1.82, 2.24) is 15.0 Å². The van der Waals surface area contributed by atoms with E-state index in [9.17, 15) is 0 Å². The second-order valence-electron chi connectivity index (χ2n) is 14.0. The molecule has 0 unspecified atom stereocenters. The van der Waals surface area contributed by atoms with Gasteiger partial charge >= 0.3 is 0 Å². The average molecular weight is 734 g/mol. The standard InChI is InChI=1S/C51H31N3OS/c1-3-14-32(15-4-1)49-52-50(33-16-5-2-6-17-33)54-51(53-49)42-20-8-7-18-38(42)36-28-35(34-26-27-41-40-19-10-12-25-46(40)56-47(41)31-34)29-37(30-36)39-22-13-24-45-48(39)43-21-9-11-23-44(43)55-45/h1-31H. The number of thiophene rings is 1. The summed E-state index contributed by atoms with van der Waals surface area (Å²) in [5, 5.41) is 4.79. The lowest BCUT2D eigenvalue weighted by Gasteiger charge is -2.15. The van der Waals surface area contributed by atoms with E-state index in [-0.39, 0.29) is 0 Å². The highest BCUT2D eigenvalue weighted by Gasteiger charge is 2.19. The maximum atomic E-state index is 6.37. The summed E-state index contributed by atoms with van der Waals surface area (Å²) < 4.78 is 8.94. The van der Waals surface area contributed by atoms with Crippen LogP contribution in [-0.4, -0.2) is 15.0 Å². The van der Waals surface area contributed by atoms with Crippen molar-refractivity contribution in [2.24, 2.45) is 0 Å². The van der Waals surface area contributed by atoms with Crippen LogP contribution in [0.25, 0.3) is 110 Å². The quantitative estimate of drug-likeness (QED) is 0.171. The summed E-state index contributed by atoms with van der Waals surface area (Å²) in [5.41, 5.74) is 11.2. The Morgan fingerprint density at radius 2 is 0.875 bits per heavy atom. The van der Waals surface area contributed by atoms with Crippen molar-refractivity contribution in [2.75, 3.05) is 0 Å². The van der Waals surface area contributed by atoms with Crippen LogP contribution in [0.1, 0.15) is 0 Å². The van der Waals surface area contributed by atoms with Gasteiger partial charge in [0.25, 0.3) is 0 Å². The Morgan fingerprint density at radius 3 is 1.64 bits per heavy atom. The number of nitrogens with zero attached hydrogens (tertiary/aromatic N) is 3. The van der Waals surface area contributed by atoms with Gasteiger partial charge in [0.1, 0.15) is 11.2 Å². The van der Waals surface area contributed by atoms with Crippen molar-refractivity contribution in [1.29, 1.82) is 0 Å². The number of rotatable bonds is 6. The van der Waals surface area contributed by atoms with Gasteiger partial charge in [0.2, 0.25) is 0 Å². The predicted octanol–water partition coefficient (Wildman–Crippen LogP) is 14.1. The zero-order valence-electron chi connectivity index (χ0n) is 30.1. The molecule has 0 radical (unpaired) electrons. The molecule has 0 aliphatic heterocycles. The molecule has 0 fully saturated rings. The molecule has 0 atom stereocenters. The van der Waals surface area contributed by atoms with Crippen molar-refractivity contribution in [3.63, 3.8) is 0 Å². The molecule has 0 saturated heterocycles. The molecule has 56 heavy (non-hydrogen) atoms. The third-order valence-corrected chi connectivity index (χ3v) is 11.7. The lowest BCUT2D eigenvalue weighted by molar-refractivity contribution is 0.669. The van der Waals surface area contributed by atoms with E-state index in [1.165, 1.54) is 20.2 Å². The van der Waals surface area contributed by atoms with Gasteiger partial charge in [-0.15, -0.1) is 11.3 Å². The fraction of sp³-hybridized carbons (Fsp3) is 0. The first-order valence-corrected chi connectivity index (χ1v) is 19.5. The molecule has 11 rings (SSSR count). The van der Waals surface area contributed by atoms with E-state index in [1.807, 2.05) is 84.1 Å². The molecule has 3 heterocycles. The Kier molecular flexibility index (Phi) is 7.64. The van der Waals surface area contributed by atoms with Gasteiger partial charge in [0.05, 0.1) is 0 Å². The number of benzene rings is 8. The molecule has 0 spiro atoms. The summed E-state index contributed by atoms with van der Waals surface area (Å²) >= 11 is 1.84. The number of fused-ring (bicyclic) bond motifs is 6. The van der Waals surface area contributed by atoms with Gasteiger partial charge in [-0.3, -0.25) is 0 Å². The first-order valence-electron chi connectivity index (χ1n) is 18.7. The molecule has 11 aromatic rings. The summed E-state index contributed by atoms with van der Waals surface area (Å²) in [7, 11) is 0. The van der Waals surface area contributed by atoms with Crippen LogP contribution in [-0.2, 0) is 0 Å². The Balaban J connectivity index is 1.15. The number of aromatic nitrogens is 3. The Bertz CT molecular complexity index is 3200. The molecule has 0 aliphatic rings. The van der Waals surface area contributed by atoms with E-state index >= 15 is 0 Å². The highest BCUT2D eigenvalue weighted by molar-refractivity contribution is 7.25. The van der Waals surface area contributed by atoms with Crippen molar-refractivity contribution in [2.45, 2.75) is 0 Å². The minimum atomic E-state index is 0.620. The van der Waals surface area contributed by atoms with Gasteiger partial charge in [-0.1, -0.05) is 146 Å². The lowest BCUT2D eigenvalue weighted by atomic mass is 9.90. The normalized spacial score (nSPS) is 11.6. The van der Waals surface area contributed by atoms with Gasteiger partial charge in [-0.2, -0.15) is 0 Å². The van der Waals surface area contributed by atoms with Gasteiger partial charge in [0.15, 0.2) is 17.5 Å². The van der Waals surface area contributed by atoms with Crippen molar-refractivity contribution in [3.8, 4) is 67.5 Å². The first-order chi connectivity index (χ1) is 27.7. The molecule has 0 bridgehead atoms. The predicted molar refractivity (Wildman–Crippen MR) is 233 cm³/mol. The fourth-order valence-electron chi connectivity index (χ4n) is 7.88. The molecule has 8 aromatic carbocycles. The van der Waals surface area contributed by atoms with E-state index in [0.29, 0.717) is 17.5 Å². The number of furan rings is 1. The highest BCUT2D eigenvalue weighted by Crippen LogP contribution is 2.43. The number of para-hydroxylation sites is 1. The third-order valence-electron chi connectivity index (χ3n) is 10.5. The molecule has 0 aliphatic carbocycles. The summed E-state index contributed by atoms with van der Waals surface area (Å²) in [6, 6.07) is 65.8. The van der Waals surface area contributed by atoms with Gasteiger partial charge < -0.3 is 4.42 Å². The van der Waals surface area contributed by atoms with Crippen molar-refractivity contribution >= 4 is 53.4 Å². The second kappa shape index (κ2) is 13.3. The lowest BCUT2D eigenvalue weighted by Crippen LogP contribution is -2.01. The number of hydrogen-bond donors (Lipinski definition) is 0. The van der Waals surface area contributed by atoms with E-state index < -0.39 is 0 Å². The second-order valence-corrected chi connectivity index (χ2v) is 15.1. The van der Waals surface area contributed by atoms with E-state index in [1.54, 1.807) is 0 Å². The summed E-state index contributed by atoms with van der Waals surface area (Å²) in [5.74, 6) is 1.89. The van der Waals surface area contributed by atoms with Gasteiger partial charge in [-0.05, 0) is 75.8 Å². The molecule has 0 N–H and O–H groups in total. The maximum Gasteiger partial charge on any atom is 0.164 e. The van der Waals surface area contributed by atoms with E-state index in [2.05, 4.69) is 115 Å². The first kappa shape index (κ1) is 32.2. The zero-order valence-corrected chi connectivity index (χ0v) is 30.9. The Labute approximate surface area is 327 Å². The molecule has 5 heteroatoms. The summed E-state index contributed by atoms with van der Waals surface area (Å²) in [6.45, 7) is 0. The SMILES string of the molecule is c1ccc(-c2nc(-c3ccccc3)nc(-c3ccccc3-c3cc(-c4ccc5c(c4)sc4ccccc45)cc(-c4cccc5oc6ccccc6c45)c3)n2)cc1. The zero-order chi connectivity index (χ0) is 37.0. The molecular weight excluding hydrogens is 703 g/mol. The van der Waals surface area contributed by atoms with Crippen LogP contribution in [0.4, 0.5) is 0 Å². The van der Waals surface area contributed by atoms with Crippen LogP contribution in [0.3, 0.4) is 0 Å². The monoisotopic (exact) mass is 733 g/mol. The summed E-state index contributed by atoms with van der Waals surface area (Å²) in [4.78, 5) is 15.2. The molecule has 3 aromatic heterocycles. The molecular formula is C51H31N3OS. The third kappa shape index (κ3) is 5.56. The Hall–Kier alpha value is -7.21. The van der Waals surface area contributed by atoms with Crippen molar-refractivity contribution < 1.29 is 4.42 Å². The average Bonchev–Trinajstić information content (AvgIpc) is 3.85. The number of hydrogen-bond acceptors (Lipinski definition) is 5. The largest absolute Gasteiger partial charge is 0.456 e. The van der Waals surface area contributed by atoms with Crippen LogP contribution in [0.2, 0.25) is 0 Å².